The van der Waals surface area contributed by atoms with Crippen molar-refractivity contribution in [3.63, 3.8) is 0 Å². The van der Waals surface area contributed by atoms with E-state index in [-0.39, 0.29) is 5.69 Å². The Hall–Kier alpha value is -2.93. The van der Waals surface area contributed by atoms with E-state index in [4.69, 9.17) is 23.1 Å². The summed E-state index contributed by atoms with van der Waals surface area (Å²) >= 11 is 5.66. The molecule has 0 bridgehead atoms. The third kappa shape index (κ3) is 3.25. The van der Waals surface area contributed by atoms with Gasteiger partial charge in [-0.2, -0.15) is 13.2 Å². The Morgan fingerprint density at radius 3 is 2.42 bits per heavy atom. The van der Waals surface area contributed by atoms with Crippen LogP contribution < -0.4 is 16.4 Å². The fourth-order valence-electron chi connectivity index (χ4n) is 2.72. The van der Waals surface area contributed by atoms with Gasteiger partial charge in [0.1, 0.15) is 0 Å². The molecule has 3 aromatic carbocycles. The molecule has 0 aliphatic heterocycles. The Labute approximate surface area is 151 Å². The van der Waals surface area contributed by atoms with Gasteiger partial charge in [0.05, 0.1) is 22.0 Å². The van der Waals surface area contributed by atoms with Gasteiger partial charge in [-0.15, -0.1) is 0 Å². The molecule has 0 heterocycles. The number of urea groups is 1. The van der Waals surface area contributed by atoms with Gasteiger partial charge in [0, 0.05) is 11.1 Å². The summed E-state index contributed by atoms with van der Waals surface area (Å²) in [4.78, 5) is 13.1. The maximum atomic E-state index is 13.2. The first-order valence-electron chi connectivity index (χ1n) is 7.43. The van der Waals surface area contributed by atoms with Gasteiger partial charge in [0.25, 0.3) is 0 Å². The van der Waals surface area contributed by atoms with Crippen molar-refractivity contribution in [2.75, 3.05) is 10.6 Å². The number of fused-ring (bicyclic) bond motifs is 1. The number of carbonyl (C=O) groups is 1. The van der Waals surface area contributed by atoms with Crippen LogP contribution in [0.2, 0.25) is 5.02 Å². The molecule has 0 aromatic heterocycles. The van der Waals surface area contributed by atoms with E-state index >= 15 is 0 Å². The average molecular weight is 380 g/mol. The van der Waals surface area contributed by atoms with Crippen LogP contribution in [0.3, 0.4) is 0 Å². The molecular formula is C18H13ClF3N3O. The summed E-state index contributed by atoms with van der Waals surface area (Å²) in [5.74, 6) is 0. The van der Waals surface area contributed by atoms with E-state index in [1.54, 1.807) is 36.4 Å². The van der Waals surface area contributed by atoms with E-state index in [2.05, 4.69) is 0 Å². The lowest BCUT2D eigenvalue weighted by molar-refractivity contribution is -0.137. The topological polar surface area (TPSA) is 72.4 Å². The number of alkyl halides is 3. The molecule has 0 saturated carbocycles. The van der Waals surface area contributed by atoms with Crippen LogP contribution in [0.25, 0.3) is 10.8 Å². The Morgan fingerprint density at radius 2 is 1.77 bits per heavy atom. The second-order valence-corrected chi connectivity index (χ2v) is 6.00. The normalized spacial score (nSPS) is 11.5. The summed E-state index contributed by atoms with van der Waals surface area (Å²) in [7, 11) is 0. The van der Waals surface area contributed by atoms with Crippen LogP contribution in [-0.4, -0.2) is 6.03 Å². The zero-order valence-electron chi connectivity index (χ0n) is 13.2. The molecular weight excluding hydrogens is 367 g/mol. The van der Waals surface area contributed by atoms with Gasteiger partial charge in [0.2, 0.25) is 0 Å². The zero-order valence-corrected chi connectivity index (χ0v) is 14.0. The maximum absolute atomic E-state index is 13.2. The van der Waals surface area contributed by atoms with Crippen LogP contribution >= 0.6 is 11.6 Å². The van der Waals surface area contributed by atoms with Crippen LogP contribution in [0, 0.1) is 0 Å². The smallest absolute Gasteiger partial charge is 0.399 e. The molecule has 3 aromatic rings. The number of hydrogen-bond donors (Lipinski definition) is 2. The highest BCUT2D eigenvalue weighted by atomic mass is 35.5. The molecule has 0 fully saturated rings. The molecule has 4 nitrogen and oxygen atoms in total. The first-order valence-corrected chi connectivity index (χ1v) is 7.81. The number of carbonyl (C=O) groups excluding carboxylic acids is 1. The number of primary amides is 1. The van der Waals surface area contributed by atoms with E-state index in [1.807, 2.05) is 0 Å². The summed E-state index contributed by atoms with van der Waals surface area (Å²) in [6, 6.07) is 12.3. The number of amides is 2. The van der Waals surface area contributed by atoms with Gasteiger partial charge in [-0.25, -0.2) is 4.79 Å². The highest BCUT2D eigenvalue weighted by Gasteiger charge is 2.34. The molecule has 4 N–H and O–H groups in total. The third-order valence-corrected chi connectivity index (χ3v) is 4.19. The highest BCUT2D eigenvalue weighted by Crippen LogP contribution is 2.39. The standard InChI is InChI=1S/C18H13ClF3N3O/c19-15-7-6-12(9-14(15)18(20,21)22)25(17(24)26)16-3-1-2-10-4-5-11(23)8-13(10)16/h1-9H,23H2,(H2,24,26). The summed E-state index contributed by atoms with van der Waals surface area (Å²) in [5, 5.41) is 0.871. The number of nitrogens with two attached hydrogens (primary N) is 2. The van der Waals surface area contributed by atoms with E-state index < -0.39 is 22.8 Å². The van der Waals surface area contributed by atoms with E-state index in [0.717, 1.165) is 22.4 Å². The van der Waals surface area contributed by atoms with Gasteiger partial charge in [-0.1, -0.05) is 29.8 Å². The Bertz CT molecular complexity index is 1000. The summed E-state index contributed by atoms with van der Waals surface area (Å²) in [6.45, 7) is 0. The molecule has 26 heavy (non-hydrogen) atoms. The van der Waals surface area contributed by atoms with Crippen molar-refractivity contribution in [2.24, 2.45) is 5.73 Å². The van der Waals surface area contributed by atoms with Crippen LogP contribution in [0.5, 0.6) is 0 Å². The van der Waals surface area contributed by atoms with Crippen molar-refractivity contribution >= 4 is 45.5 Å². The second kappa shape index (κ2) is 6.42. The second-order valence-electron chi connectivity index (χ2n) is 5.59. The van der Waals surface area contributed by atoms with Crippen molar-refractivity contribution in [1.82, 2.24) is 0 Å². The summed E-state index contributed by atoms with van der Waals surface area (Å²) in [5.41, 5.74) is 10.9. The SMILES string of the molecule is NC(=O)N(c1ccc(Cl)c(C(F)(F)F)c1)c1cccc2ccc(N)cc12. The summed E-state index contributed by atoms with van der Waals surface area (Å²) in [6.07, 6.45) is -4.67. The van der Waals surface area contributed by atoms with Crippen LogP contribution in [-0.2, 0) is 6.18 Å². The van der Waals surface area contributed by atoms with Crippen molar-refractivity contribution < 1.29 is 18.0 Å². The van der Waals surface area contributed by atoms with Gasteiger partial charge in [-0.3, -0.25) is 4.90 Å². The van der Waals surface area contributed by atoms with E-state index in [9.17, 15) is 18.0 Å². The number of hydrogen-bond acceptors (Lipinski definition) is 2. The van der Waals surface area contributed by atoms with E-state index in [1.165, 1.54) is 6.07 Å². The largest absolute Gasteiger partial charge is 0.417 e. The van der Waals surface area contributed by atoms with Crippen molar-refractivity contribution in [3.05, 3.63) is 65.2 Å². The van der Waals surface area contributed by atoms with Gasteiger partial charge in [0.15, 0.2) is 0 Å². The number of rotatable bonds is 2. The van der Waals surface area contributed by atoms with Crippen LogP contribution in [0.4, 0.5) is 35.0 Å². The molecule has 0 aliphatic carbocycles. The number of anilines is 3. The van der Waals surface area contributed by atoms with Crippen molar-refractivity contribution in [1.29, 1.82) is 0 Å². The third-order valence-electron chi connectivity index (χ3n) is 3.86. The summed E-state index contributed by atoms with van der Waals surface area (Å²) < 4.78 is 39.5. The zero-order chi connectivity index (χ0) is 19.1. The minimum atomic E-state index is -4.67. The fourth-order valence-corrected chi connectivity index (χ4v) is 2.95. The monoisotopic (exact) mass is 379 g/mol. The fraction of sp³-hybridized carbons (Fsp3) is 0.0556. The molecule has 0 spiro atoms. The lowest BCUT2D eigenvalue weighted by atomic mass is 10.1. The van der Waals surface area contributed by atoms with Crippen molar-refractivity contribution in [3.8, 4) is 0 Å². The quantitative estimate of drug-likeness (QED) is 0.592. The minimum absolute atomic E-state index is 0.0517. The first kappa shape index (κ1) is 17.9. The molecule has 8 heteroatoms. The molecule has 0 saturated heterocycles. The number of halogens is 4. The Morgan fingerprint density at radius 1 is 1.04 bits per heavy atom. The molecule has 0 radical (unpaired) electrons. The average Bonchev–Trinajstić information content (AvgIpc) is 2.55. The molecule has 134 valence electrons. The van der Waals surface area contributed by atoms with Crippen LogP contribution in [0.15, 0.2) is 54.6 Å². The Balaban J connectivity index is 2.25. The van der Waals surface area contributed by atoms with Crippen molar-refractivity contribution in [2.45, 2.75) is 6.18 Å². The molecule has 2 amide bonds. The number of nitrogen functional groups attached to an aromatic ring is 1. The minimum Gasteiger partial charge on any atom is -0.399 e. The molecule has 0 atom stereocenters. The van der Waals surface area contributed by atoms with Gasteiger partial charge < -0.3 is 11.5 Å². The highest BCUT2D eigenvalue weighted by molar-refractivity contribution is 6.31. The first-order chi connectivity index (χ1) is 12.2. The number of benzene rings is 3. The number of nitrogens with zero attached hydrogens (tertiary/aromatic N) is 1. The lowest BCUT2D eigenvalue weighted by Crippen LogP contribution is -2.31. The lowest BCUT2D eigenvalue weighted by Gasteiger charge is -2.24. The maximum Gasteiger partial charge on any atom is 0.417 e. The Kier molecular flexibility index (Phi) is 4.41. The molecule has 0 unspecified atom stereocenters. The molecule has 0 aliphatic rings. The predicted octanol–water partition coefficient (Wildman–Crippen LogP) is 5.31. The van der Waals surface area contributed by atoms with Crippen LogP contribution in [0.1, 0.15) is 5.56 Å². The van der Waals surface area contributed by atoms with Gasteiger partial charge in [-0.05, 0) is 41.8 Å². The molecule has 3 rings (SSSR count). The predicted molar refractivity (Wildman–Crippen MR) is 96.5 cm³/mol. The van der Waals surface area contributed by atoms with Gasteiger partial charge >= 0.3 is 12.2 Å². The van der Waals surface area contributed by atoms with E-state index in [0.29, 0.717) is 16.8 Å².